The number of halogens is 2. The van der Waals surface area contributed by atoms with Crippen LogP contribution in [0.4, 0.5) is 10.1 Å². The summed E-state index contributed by atoms with van der Waals surface area (Å²) in [7, 11) is -4.21. The van der Waals surface area contributed by atoms with Crippen LogP contribution in [0.2, 0.25) is 5.02 Å². The van der Waals surface area contributed by atoms with E-state index in [0.29, 0.717) is 11.6 Å². The molecule has 2 amide bonds. The molecule has 0 heterocycles. The van der Waals surface area contributed by atoms with Gasteiger partial charge in [-0.15, -0.1) is 0 Å². The van der Waals surface area contributed by atoms with E-state index in [-0.39, 0.29) is 28.6 Å². The summed E-state index contributed by atoms with van der Waals surface area (Å²) in [5.41, 5.74) is 1.28. The largest absolute Gasteiger partial charge is 0.354 e. The first-order valence-corrected chi connectivity index (χ1v) is 14.4. The molecule has 0 saturated heterocycles. The van der Waals surface area contributed by atoms with Gasteiger partial charge in [0.2, 0.25) is 11.8 Å². The topological polar surface area (TPSA) is 86.8 Å². The molecule has 0 aliphatic heterocycles. The Bertz CT molecular complexity index is 1410. The highest BCUT2D eigenvalue weighted by atomic mass is 35.5. The van der Waals surface area contributed by atoms with Gasteiger partial charge in [-0.1, -0.05) is 55.8 Å². The molecule has 0 aromatic heterocycles. The molecule has 1 atom stereocenters. The summed E-state index contributed by atoms with van der Waals surface area (Å²) in [5, 5.41) is 3.17. The van der Waals surface area contributed by atoms with Crippen LogP contribution in [0, 0.1) is 18.7 Å². The Morgan fingerprint density at radius 1 is 0.974 bits per heavy atom. The van der Waals surface area contributed by atoms with Crippen molar-refractivity contribution >= 4 is 39.1 Å². The molecule has 0 aliphatic carbocycles. The predicted molar refractivity (Wildman–Crippen MR) is 151 cm³/mol. The average Bonchev–Trinajstić information content (AvgIpc) is 2.89. The lowest BCUT2D eigenvalue weighted by atomic mass is 10.1. The molecule has 0 saturated carbocycles. The summed E-state index contributed by atoms with van der Waals surface area (Å²) < 4.78 is 43.1. The highest BCUT2D eigenvalue weighted by molar-refractivity contribution is 7.92. The second-order valence-electron chi connectivity index (χ2n) is 9.73. The van der Waals surface area contributed by atoms with Gasteiger partial charge in [-0.3, -0.25) is 13.9 Å². The van der Waals surface area contributed by atoms with Gasteiger partial charge >= 0.3 is 0 Å². The van der Waals surface area contributed by atoms with Gasteiger partial charge in [0, 0.05) is 23.7 Å². The number of aryl methyl sites for hydroxylation is 1. The van der Waals surface area contributed by atoms with Crippen LogP contribution in [0.25, 0.3) is 0 Å². The molecule has 1 N–H and O–H groups in total. The van der Waals surface area contributed by atoms with Crippen LogP contribution in [-0.4, -0.2) is 44.3 Å². The number of carbonyl (C=O) groups is 2. The predicted octanol–water partition coefficient (Wildman–Crippen LogP) is 5.17. The molecule has 0 fully saturated rings. The summed E-state index contributed by atoms with van der Waals surface area (Å²) in [6, 6.07) is 17.4. The van der Waals surface area contributed by atoms with Gasteiger partial charge in [-0.25, -0.2) is 12.8 Å². The average molecular weight is 574 g/mol. The molecule has 0 aliphatic rings. The Balaban J connectivity index is 2.02. The first-order chi connectivity index (χ1) is 18.4. The summed E-state index contributed by atoms with van der Waals surface area (Å²) in [6.45, 7) is 6.80. The van der Waals surface area contributed by atoms with E-state index in [1.54, 1.807) is 31.2 Å². The van der Waals surface area contributed by atoms with Crippen molar-refractivity contribution in [2.24, 2.45) is 5.92 Å². The number of sulfonamides is 1. The van der Waals surface area contributed by atoms with Crippen LogP contribution in [-0.2, 0) is 26.2 Å². The number of hydrogen-bond acceptors (Lipinski definition) is 4. The zero-order chi connectivity index (χ0) is 28.7. The molecular weight excluding hydrogens is 541 g/mol. The first-order valence-electron chi connectivity index (χ1n) is 12.6. The Kier molecular flexibility index (Phi) is 10.1. The Hall–Kier alpha value is -3.43. The maximum absolute atomic E-state index is 14.6. The molecule has 0 radical (unpaired) electrons. The molecule has 39 heavy (non-hydrogen) atoms. The number of hydrogen-bond donors (Lipinski definition) is 1. The molecule has 7 nitrogen and oxygen atoms in total. The van der Waals surface area contributed by atoms with Crippen LogP contribution in [0.15, 0.2) is 77.7 Å². The number of carbonyl (C=O) groups excluding carboxylic acids is 2. The molecule has 0 bridgehead atoms. The number of rotatable bonds is 11. The molecule has 3 aromatic rings. The van der Waals surface area contributed by atoms with Crippen molar-refractivity contribution in [3.63, 3.8) is 0 Å². The Labute approximate surface area is 234 Å². The van der Waals surface area contributed by atoms with Gasteiger partial charge in [-0.2, -0.15) is 0 Å². The molecular formula is C29H33ClFN3O4S. The number of benzene rings is 3. The van der Waals surface area contributed by atoms with Crippen LogP contribution in [0.3, 0.4) is 0 Å². The van der Waals surface area contributed by atoms with Gasteiger partial charge in [0.25, 0.3) is 10.0 Å². The van der Waals surface area contributed by atoms with Crippen LogP contribution in [0.1, 0.15) is 31.9 Å². The summed E-state index contributed by atoms with van der Waals surface area (Å²) in [6.07, 6.45) is 0. The third-order valence-corrected chi connectivity index (χ3v) is 8.16. The first kappa shape index (κ1) is 30.1. The standard InChI is InChI=1S/C29H33ClFN3O4S/c1-20(2)17-32-29(36)22(4)33(18-23-9-5-6-11-27(23)31)28(35)19-34(25-10-7-8-21(3)16-25)39(37,38)26-14-12-24(30)13-15-26/h5-16,20,22H,17-19H2,1-4H3,(H,32,36). The van der Waals surface area contributed by atoms with Gasteiger partial charge in [0.15, 0.2) is 0 Å². The maximum Gasteiger partial charge on any atom is 0.264 e. The Morgan fingerprint density at radius 3 is 2.26 bits per heavy atom. The van der Waals surface area contributed by atoms with E-state index in [1.165, 1.54) is 47.4 Å². The van der Waals surface area contributed by atoms with Gasteiger partial charge in [0.1, 0.15) is 18.4 Å². The fourth-order valence-corrected chi connectivity index (χ4v) is 5.42. The van der Waals surface area contributed by atoms with Crippen molar-refractivity contribution in [2.75, 3.05) is 17.4 Å². The Morgan fingerprint density at radius 2 is 1.64 bits per heavy atom. The highest BCUT2D eigenvalue weighted by Gasteiger charge is 2.33. The molecule has 1 unspecified atom stereocenters. The number of amides is 2. The fraction of sp³-hybridized carbons (Fsp3) is 0.310. The van der Waals surface area contributed by atoms with Crippen molar-refractivity contribution in [1.82, 2.24) is 10.2 Å². The number of anilines is 1. The maximum atomic E-state index is 14.6. The number of nitrogens with one attached hydrogen (secondary N) is 1. The normalized spacial score (nSPS) is 12.2. The van der Waals surface area contributed by atoms with E-state index in [0.717, 1.165) is 9.87 Å². The highest BCUT2D eigenvalue weighted by Crippen LogP contribution is 2.26. The lowest BCUT2D eigenvalue weighted by molar-refractivity contribution is -0.139. The summed E-state index contributed by atoms with van der Waals surface area (Å²) in [4.78, 5) is 28.0. The fourth-order valence-electron chi connectivity index (χ4n) is 3.89. The molecule has 10 heteroatoms. The zero-order valence-corrected chi connectivity index (χ0v) is 24.0. The molecule has 0 spiro atoms. The smallest absolute Gasteiger partial charge is 0.264 e. The monoisotopic (exact) mass is 573 g/mol. The van der Waals surface area contributed by atoms with Crippen molar-refractivity contribution in [3.05, 3.63) is 94.8 Å². The number of nitrogens with zero attached hydrogens (tertiary/aromatic N) is 2. The van der Waals surface area contributed by atoms with E-state index < -0.39 is 40.2 Å². The minimum absolute atomic E-state index is 0.0513. The van der Waals surface area contributed by atoms with Crippen LogP contribution in [0.5, 0.6) is 0 Å². The van der Waals surface area contributed by atoms with Crippen LogP contribution < -0.4 is 9.62 Å². The minimum atomic E-state index is -4.21. The van der Waals surface area contributed by atoms with Crippen molar-refractivity contribution in [2.45, 2.75) is 45.2 Å². The third kappa shape index (κ3) is 7.80. The second kappa shape index (κ2) is 13.1. The van der Waals surface area contributed by atoms with E-state index in [2.05, 4.69) is 5.32 Å². The SMILES string of the molecule is Cc1cccc(N(CC(=O)N(Cc2ccccc2F)C(C)C(=O)NCC(C)C)S(=O)(=O)c2ccc(Cl)cc2)c1. The molecule has 208 valence electrons. The van der Waals surface area contributed by atoms with Gasteiger partial charge < -0.3 is 10.2 Å². The minimum Gasteiger partial charge on any atom is -0.354 e. The van der Waals surface area contributed by atoms with Crippen molar-refractivity contribution in [1.29, 1.82) is 0 Å². The summed E-state index contributed by atoms with van der Waals surface area (Å²) in [5.74, 6) is -1.44. The van der Waals surface area contributed by atoms with Crippen molar-refractivity contribution < 1.29 is 22.4 Å². The second-order valence-corrected chi connectivity index (χ2v) is 12.0. The summed E-state index contributed by atoms with van der Waals surface area (Å²) >= 11 is 5.97. The molecule has 3 rings (SSSR count). The lowest BCUT2D eigenvalue weighted by Crippen LogP contribution is -2.51. The van der Waals surface area contributed by atoms with Gasteiger partial charge in [0.05, 0.1) is 10.6 Å². The van der Waals surface area contributed by atoms with Crippen LogP contribution >= 0.6 is 11.6 Å². The quantitative estimate of drug-likeness (QED) is 0.343. The van der Waals surface area contributed by atoms with Crippen molar-refractivity contribution in [3.8, 4) is 0 Å². The zero-order valence-electron chi connectivity index (χ0n) is 22.4. The van der Waals surface area contributed by atoms with Gasteiger partial charge in [-0.05, 0) is 67.8 Å². The lowest BCUT2D eigenvalue weighted by Gasteiger charge is -2.32. The molecule has 3 aromatic carbocycles. The van der Waals surface area contributed by atoms with E-state index in [9.17, 15) is 22.4 Å². The van der Waals surface area contributed by atoms with E-state index in [1.807, 2.05) is 26.8 Å². The van der Waals surface area contributed by atoms with E-state index in [4.69, 9.17) is 11.6 Å². The van der Waals surface area contributed by atoms with E-state index >= 15 is 0 Å². The third-order valence-electron chi connectivity index (χ3n) is 6.12.